The molecule has 0 radical (unpaired) electrons. The monoisotopic (exact) mass is 430 g/mol. The zero-order chi connectivity index (χ0) is 22.5. The van der Waals surface area contributed by atoms with E-state index in [1.54, 1.807) is 13.2 Å². The zero-order valence-electron chi connectivity index (χ0n) is 17.7. The molecule has 0 saturated carbocycles. The summed E-state index contributed by atoms with van der Waals surface area (Å²) in [7, 11) is 1.62. The maximum atomic E-state index is 9.45. The predicted molar refractivity (Wildman–Crippen MR) is 119 cm³/mol. The van der Waals surface area contributed by atoms with Crippen molar-refractivity contribution < 1.29 is 9.47 Å². The van der Waals surface area contributed by atoms with Crippen LogP contribution in [0.2, 0.25) is 0 Å². The van der Waals surface area contributed by atoms with E-state index in [-0.39, 0.29) is 17.4 Å². The summed E-state index contributed by atoms with van der Waals surface area (Å²) in [6.45, 7) is 2.79. The number of nitrogens with one attached hydrogen (secondary N) is 1. The second kappa shape index (κ2) is 9.28. The number of ether oxygens (including phenoxy) is 2. The molecule has 0 spiro atoms. The van der Waals surface area contributed by atoms with Crippen LogP contribution in [0.4, 0.5) is 11.6 Å². The third-order valence-electron chi connectivity index (χ3n) is 4.79. The smallest absolute Gasteiger partial charge is 0.215 e. The number of para-hydroxylation sites is 1. The van der Waals surface area contributed by atoms with Crippen molar-refractivity contribution in [3.05, 3.63) is 60.2 Å². The SMILES string of the molecule is COCCOc1ccc2nc(C(C)Nc3ncnc(N)c3C#N)n(-c3ccccc3)c2n1. The molecule has 0 aliphatic heterocycles. The van der Waals surface area contributed by atoms with E-state index in [9.17, 15) is 5.26 Å². The van der Waals surface area contributed by atoms with Crippen LogP contribution in [0.15, 0.2) is 48.8 Å². The first kappa shape index (κ1) is 21.0. The molecule has 0 aliphatic rings. The average Bonchev–Trinajstić information content (AvgIpc) is 3.19. The molecule has 4 aromatic rings. The average molecular weight is 430 g/mol. The fraction of sp³-hybridized carbons (Fsp3) is 0.227. The summed E-state index contributed by atoms with van der Waals surface area (Å²) in [5.41, 5.74) is 8.27. The molecule has 32 heavy (non-hydrogen) atoms. The number of anilines is 2. The Morgan fingerprint density at radius 3 is 2.69 bits per heavy atom. The number of rotatable bonds is 8. The normalized spacial score (nSPS) is 11.8. The molecule has 0 bridgehead atoms. The molecule has 4 rings (SSSR count). The lowest BCUT2D eigenvalue weighted by atomic mass is 10.2. The highest BCUT2D eigenvalue weighted by atomic mass is 16.5. The van der Waals surface area contributed by atoms with E-state index < -0.39 is 0 Å². The van der Waals surface area contributed by atoms with Crippen LogP contribution in [0.25, 0.3) is 16.9 Å². The van der Waals surface area contributed by atoms with Crippen molar-refractivity contribution in [2.24, 2.45) is 0 Å². The molecule has 1 unspecified atom stereocenters. The van der Waals surface area contributed by atoms with Crippen molar-refractivity contribution in [1.29, 1.82) is 5.26 Å². The summed E-state index contributed by atoms with van der Waals surface area (Å²) in [4.78, 5) is 17.5. The minimum Gasteiger partial charge on any atom is -0.475 e. The lowest BCUT2D eigenvalue weighted by Crippen LogP contribution is -2.15. The number of imidazole rings is 1. The summed E-state index contributed by atoms with van der Waals surface area (Å²) in [6, 6.07) is 15.1. The number of aromatic nitrogens is 5. The zero-order valence-corrected chi connectivity index (χ0v) is 17.7. The first-order valence-electron chi connectivity index (χ1n) is 9.96. The van der Waals surface area contributed by atoms with Crippen LogP contribution >= 0.6 is 0 Å². The van der Waals surface area contributed by atoms with E-state index in [0.717, 1.165) is 5.69 Å². The van der Waals surface area contributed by atoms with Gasteiger partial charge in [-0.3, -0.25) is 4.57 Å². The Morgan fingerprint density at radius 1 is 1.12 bits per heavy atom. The minimum atomic E-state index is -0.330. The van der Waals surface area contributed by atoms with E-state index in [1.165, 1.54) is 6.33 Å². The standard InChI is InChI=1S/C22H22N8O2/c1-14(27-20-16(12-23)19(24)25-13-26-20)21-28-17-8-9-18(32-11-10-31-2)29-22(17)30(21)15-6-4-3-5-7-15/h3-9,13-14H,10-11H2,1-2H3,(H3,24,25,26,27). The Bertz CT molecular complexity index is 1270. The van der Waals surface area contributed by atoms with Gasteiger partial charge in [-0.2, -0.15) is 10.2 Å². The number of benzene rings is 1. The van der Waals surface area contributed by atoms with Crippen molar-refractivity contribution in [2.75, 3.05) is 31.4 Å². The highest BCUT2D eigenvalue weighted by molar-refractivity contribution is 5.75. The van der Waals surface area contributed by atoms with Crippen molar-refractivity contribution in [1.82, 2.24) is 24.5 Å². The summed E-state index contributed by atoms with van der Waals surface area (Å²) in [5, 5.41) is 12.7. The molecule has 0 amide bonds. The number of nitriles is 1. The molecule has 162 valence electrons. The van der Waals surface area contributed by atoms with Gasteiger partial charge < -0.3 is 20.5 Å². The van der Waals surface area contributed by atoms with Crippen molar-refractivity contribution in [3.63, 3.8) is 0 Å². The van der Waals surface area contributed by atoms with Gasteiger partial charge in [0.2, 0.25) is 5.88 Å². The largest absolute Gasteiger partial charge is 0.475 e. The first-order valence-corrected chi connectivity index (χ1v) is 9.96. The third-order valence-corrected chi connectivity index (χ3v) is 4.79. The molecule has 1 atom stereocenters. The fourth-order valence-corrected chi connectivity index (χ4v) is 3.28. The van der Waals surface area contributed by atoms with Crippen molar-refractivity contribution in [2.45, 2.75) is 13.0 Å². The number of hydrogen-bond acceptors (Lipinski definition) is 9. The van der Waals surface area contributed by atoms with E-state index in [4.69, 9.17) is 20.2 Å². The maximum Gasteiger partial charge on any atom is 0.215 e. The van der Waals surface area contributed by atoms with Crippen molar-refractivity contribution in [3.8, 4) is 17.6 Å². The first-order chi connectivity index (χ1) is 15.6. The predicted octanol–water partition coefficient (Wildman–Crippen LogP) is 2.86. The van der Waals surface area contributed by atoms with Crippen molar-refractivity contribution >= 4 is 22.8 Å². The summed E-state index contributed by atoms with van der Waals surface area (Å²) in [6.07, 6.45) is 1.32. The van der Waals surface area contributed by atoms with Gasteiger partial charge in [0.25, 0.3) is 0 Å². The highest BCUT2D eigenvalue weighted by Gasteiger charge is 2.21. The minimum absolute atomic E-state index is 0.119. The van der Waals surface area contributed by atoms with E-state index in [0.29, 0.717) is 41.9 Å². The molecule has 1 aromatic carbocycles. The van der Waals surface area contributed by atoms with Gasteiger partial charge in [0.05, 0.1) is 12.6 Å². The second-order valence-electron chi connectivity index (χ2n) is 6.93. The Hall–Kier alpha value is -4.23. The van der Waals surface area contributed by atoms with Crippen LogP contribution in [0.5, 0.6) is 5.88 Å². The van der Waals surface area contributed by atoms with E-state index in [2.05, 4.69) is 20.3 Å². The molecule has 3 heterocycles. The number of fused-ring (bicyclic) bond motifs is 1. The number of pyridine rings is 1. The van der Waals surface area contributed by atoms with Crippen LogP contribution in [-0.2, 0) is 4.74 Å². The molecule has 0 fully saturated rings. The summed E-state index contributed by atoms with van der Waals surface area (Å²) >= 11 is 0. The van der Waals surface area contributed by atoms with E-state index >= 15 is 0 Å². The topological polar surface area (TPSA) is 137 Å². The fourth-order valence-electron chi connectivity index (χ4n) is 3.28. The number of methoxy groups -OCH3 is 1. The molecular weight excluding hydrogens is 408 g/mol. The molecule has 0 saturated heterocycles. The Kier molecular flexibility index (Phi) is 6.10. The Labute approximate surface area is 184 Å². The summed E-state index contributed by atoms with van der Waals surface area (Å²) in [5.74, 6) is 1.63. The second-order valence-corrected chi connectivity index (χ2v) is 6.93. The van der Waals surface area contributed by atoms with Gasteiger partial charge in [0.15, 0.2) is 5.65 Å². The highest BCUT2D eigenvalue weighted by Crippen LogP contribution is 2.28. The molecule has 3 aromatic heterocycles. The summed E-state index contributed by atoms with van der Waals surface area (Å²) < 4.78 is 12.7. The molecule has 10 nitrogen and oxygen atoms in total. The van der Waals surface area contributed by atoms with Gasteiger partial charge in [0, 0.05) is 18.9 Å². The molecule has 10 heteroatoms. The van der Waals surface area contributed by atoms with Crippen LogP contribution in [0, 0.1) is 11.3 Å². The number of nitrogens with zero attached hydrogens (tertiary/aromatic N) is 6. The van der Waals surface area contributed by atoms with Crippen LogP contribution in [0.1, 0.15) is 24.4 Å². The lowest BCUT2D eigenvalue weighted by Gasteiger charge is -2.17. The van der Waals surface area contributed by atoms with Crippen LogP contribution < -0.4 is 15.8 Å². The van der Waals surface area contributed by atoms with E-state index in [1.807, 2.05) is 54.0 Å². The molecule has 3 N–H and O–H groups in total. The quantitative estimate of drug-likeness (QED) is 0.404. The van der Waals surface area contributed by atoms with Gasteiger partial charge in [0.1, 0.15) is 47.5 Å². The number of hydrogen-bond donors (Lipinski definition) is 2. The maximum absolute atomic E-state index is 9.45. The lowest BCUT2D eigenvalue weighted by molar-refractivity contribution is 0.144. The number of nitrogens with two attached hydrogens (primary N) is 1. The van der Waals surface area contributed by atoms with Gasteiger partial charge in [-0.1, -0.05) is 18.2 Å². The van der Waals surface area contributed by atoms with Gasteiger partial charge in [-0.25, -0.2) is 15.0 Å². The Morgan fingerprint density at radius 2 is 1.94 bits per heavy atom. The Balaban J connectivity index is 1.78. The molecule has 0 aliphatic carbocycles. The third kappa shape index (κ3) is 4.14. The van der Waals surface area contributed by atoms with Gasteiger partial charge in [-0.05, 0) is 25.1 Å². The van der Waals surface area contributed by atoms with Crippen LogP contribution in [-0.4, -0.2) is 44.8 Å². The van der Waals surface area contributed by atoms with Gasteiger partial charge >= 0.3 is 0 Å². The number of nitrogen functional groups attached to an aromatic ring is 1. The molecular formula is C22H22N8O2. The van der Waals surface area contributed by atoms with Gasteiger partial charge in [-0.15, -0.1) is 0 Å². The van der Waals surface area contributed by atoms with Crippen LogP contribution in [0.3, 0.4) is 0 Å².